The molecule has 1 N–H and O–H groups in total. The minimum absolute atomic E-state index is 0.299. The molecule has 0 atom stereocenters. The number of carbonyl (C=O) groups is 1. The van der Waals surface area contributed by atoms with E-state index in [4.69, 9.17) is 0 Å². The summed E-state index contributed by atoms with van der Waals surface area (Å²) in [5.74, 6) is -59.3. The third-order valence-electron chi connectivity index (χ3n) is 5.07. The number of amides is 1. The van der Waals surface area contributed by atoms with Gasteiger partial charge in [-0.1, -0.05) is 11.6 Å². The Morgan fingerprint density at radius 2 is 1.20 bits per heavy atom. The summed E-state index contributed by atoms with van der Waals surface area (Å²) in [6, 6.07) is 0. The first-order valence-electron chi connectivity index (χ1n) is 9.33. The van der Waals surface area contributed by atoms with Crippen molar-refractivity contribution in [1.82, 2.24) is 5.32 Å². The second-order valence-corrected chi connectivity index (χ2v) is 7.48. The van der Waals surface area contributed by atoms with Crippen molar-refractivity contribution in [2.45, 2.75) is 80.0 Å². The monoisotopic (exact) mass is 553 g/mol. The summed E-state index contributed by atoms with van der Waals surface area (Å²) in [6.07, 6.45) is -2.40. The number of alkyl halides is 16. The van der Waals surface area contributed by atoms with Gasteiger partial charge in [-0.25, -0.2) is 8.78 Å². The minimum atomic E-state index is -8.51. The molecule has 0 aromatic carbocycles. The van der Waals surface area contributed by atoms with Crippen LogP contribution in [-0.2, 0) is 4.79 Å². The van der Waals surface area contributed by atoms with Crippen LogP contribution in [0.1, 0.15) is 32.1 Å². The third kappa shape index (κ3) is 4.76. The summed E-state index contributed by atoms with van der Waals surface area (Å²) < 4.78 is 212. The molecule has 0 radical (unpaired) electrons. The van der Waals surface area contributed by atoms with E-state index in [1.807, 2.05) is 0 Å². The highest BCUT2D eigenvalue weighted by molar-refractivity contribution is 5.84. The topological polar surface area (TPSA) is 29.1 Å². The van der Waals surface area contributed by atoms with Crippen molar-refractivity contribution in [1.29, 1.82) is 0 Å². The van der Waals surface area contributed by atoms with Gasteiger partial charge in [0.15, 0.2) is 0 Å². The molecule has 0 aromatic rings. The lowest BCUT2D eigenvalue weighted by Crippen LogP contribution is -2.74. The van der Waals surface area contributed by atoms with Gasteiger partial charge in [-0.3, -0.25) is 4.79 Å². The second kappa shape index (κ2) is 9.52. The van der Waals surface area contributed by atoms with Crippen LogP contribution in [0, 0.1) is 0 Å². The fourth-order valence-corrected chi connectivity index (χ4v) is 2.86. The normalized spacial score (nSPS) is 17.5. The Hall–Kier alpha value is -1.91. The molecular weight excluding hydrogens is 538 g/mol. The summed E-state index contributed by atoms with van der Waals surface area (Å²) in [7, 11) is 0. The SMILES string of the molecule is O=C(NCCC1=CCCCC1)C(F)(F)C(F)(F)C(F)(F)C(F)(F)C(F)(F)C(F)(F)C(F)(F)C(F)F. The average molecular weight is 553 g/mol. The first-order valence-corrected chi connectivity index (χ1v) is 9.33. The molecule has 18 heteroatoms. The van der Waals surface area contributed by atoms with E-state index in [9.17, 15) is 75.0 Å². The highest BCUT2D eigenvalue weighted by Crippen LogP contribution is 2.62. The van der Waals surface area contributed by atoms with E-state index in [2.05, 4.69) is 0 Å². The lowest BCUT2D eigenvalue weighted by atomic mass is 9.89. The third-order valence-corrected chi connectivity index (χ3v) is 5.07. The van der Waals surface area contributed by atoms with Gasteiger partial charge in [0.1, 0.15) is 0 Å². The smallest absolute Gasteiger partial charge is 0.350 e. The molecule has 0 bridgehead atoms. The van der Waals surface area contributed by atoms with Gasteiger partial charge in [-0.05, 0) is 32.1 Å². The molecule has 0 fully saturated rings. The van der Waals surface area contributed by atoms with Crippen molar-refractivity contribution < 1.29 is 75.0 Å². The molecule has 1 amide bonds. The molecule has 0 saturated heterocycles. The van der Waals surface area contributed by atoms with Crippen LogP contribution in [0.2, 0.25) is 0 Å². The maximum absolute atomic E-state index is 13.7. The molecular formula is C17H15F16NO. The van der Waals surface area contributed by atoms with E-state index in [0.717, 1.165) is 11.7 Å². The molecule has 0 aliphatic heterocycles. The van der Waals surface area contributed by atoms with Gasteiger partial charge in [-0.15, -0.1) is 0 Å². The molecule has 1 aliphatic carbocycles. The van der Waals surface area contributed by atoms with E-state index in [1.165, 1.54) is 0 Å². The number of nitrogens with one attached hydrogen (secondary N) is 1. The van der Waals surface area contributed by atoms with Crippen molar-refractivity contribution in [3.8, 4) is 0 Å². The Labute approximate surface area is 185 Å². The van der Waals surface area contributed by atoms with Crippen molar-refractivity contribution in [3.05, 3.63) is 11.6 Å². The summed E-state index contributed by atoms with van der Waals surface area (Å²) in [5.41, 5.74) is 0.505. The zero-order chi connectivity index (χ0) is 27.9. The number of allylic oxidation sites excluding steroid dienone is 1. The quantitative estimate of drug-likeness (QED) is 0.224. The van der Waals surface area contributed by atoms with Crippen LogP contribution in [0.15, 0.2) is 11.6 Å². The van der Waals surface area contributed by atoms with Crippen LogP contribution < -0.4 is 5.32 Å². The molecule has 2 nitrogen and oxygen atoms in total. The Morgan fingerprint density at radius 1 is 0.743 bits per heavy atom. The van der Waals surface area contributed by atoms with Gasteiger partial charge >= 0.3 is 47.9 Å². The summed E-state index contributed by atoms with van der Waals surface area (Å²) in [6.45, 7) is -0.951. The fourth-order valence-electron chi connectivity index (χ4n) is 2.86. The maximum atomic E-state index is 13.7. The van der Waals surface area contributed by atoms with Gasteiger partial charge in [0.05, 0.1) is 0 Å². The van der Waals surface area contributed by atoms with Gasteiger partial charge in [0.25, 0.3) is 5.91 Å². The molecule has 0 heterocycles. The number of hydrogen-bond donors (Lipinski definition) is 1. The number of carbonyl (C=O) groups excluding carboxylic acids is 1. The molecule has 1 aliphatic rings. The molecule has 0 aromatic heterocycles. The largest absolute Gasteiger partial charge is 0.392 e. The zero-order valence-electron chi connectivity index (χ0n) is 16.9. The Morgan fingerprint density at radius 3 is 1.63 bits per heavy atom. The van der Waals surface area contributed by atoms with Crippen molar-refractivity contribution in [2.75, 3.05) is 6.54 Å². The Kier molecular flexibility index (Phi) is 8.46. The summed E-state index contributed by atoms with van der Waals surface area (Å²) >= 11 is 0. The average Bonchev–Trinajstić information content (AvgIpc) is 2.73. The highest BCUT2D eigenvalue weighted by atomic mass is 19.4. The van der Waals surface area contributed by atoms with E-state index in [1.54, 1.807) is 6.08 Å². The maximum Gasteiger partial charge on any atom is 0.392 e. The predicted molar refractivity (Wildman–Crippen MR) is 84.8 cm³/mol. The van der Waals surface area contributed by atoms with Gasteiger partial charge < -0.3 is 5.32 Å². The first-order chi connectivity index (χ1) is 15.4. The van der Waals surface area contributed by atoms with Crippen molar-refractivity contribution in [3.63, 3.8) is 0 Å². The molecule has 0 unspecified atom stereocenters. The zero-order valence-corrected chi connectivity index (χ0v) is 16.9. The number of rotatable bonds is 11. The molecule has 0 saturated carbocycles. The number of halogens is 16. The van der Waals surface area contributed by atoms with Crippen LogP contribution >= 0.6 is 0 Å². The van der Waals surface area contributed by atoms with Crippen LogP contribution in [-0.4, -0.2) is 60.3 Å². The van der Waals surface area contributed by atoms with E-state index in [0.29, 0.717) is 24.8 Å². The van der Waals surface area contributed by atoms with Crippen LogP contribution in [0.4, 0.5) is 70.2 Å². The van der Waals surface area contributed by atoms with Crippen LogP contribution in [0.25, 0.3) is 0 Å². The first kappa shape index (κ1) is 31.1. The Balaban J connectivity index is 3.29. The molecule has 206 valence electrons. The van der Waals surface area contributed by atoms with Crippen LogP contribution in [0.5, 0.6) is 0 Å². The van der Waals surface area contributed by atoms with Crippen molar-refractivity contribution >= 4 is 5.91 Å². The Bertz CT molecular complexity index is 804. The summed E-state index contributed by atoms with van der Waals surface area (Å²) in [5, 5.41) is 0.965. The lowest BCUT2D eigenvalue weighted by Gasteiger charge is -2.42. The summed E-state index contributed by atoms with van der Waals surface area (Å²) in [4.78, 5) is 11.3. The van der Waals surface area contributed by atoms with Crippen LogP contribution in [0.3, 0.4) is 0 Å². The molecule has 35 heavy (non-hydrogen) atoms. The molecule has 0 spiro atoms. The minimum Gasteiger partial charge on any atom is -0.350 e. The predicted octanol–water partition coefficient (Wildman–Crippen LogP) is 6.71. The molecule has 1 rings (SSSR count). The lowest BCUT2D eigenvalue weighted by molar-refractivity contribution is -0.443. The van der Waals surface area contributed by atoms with E-state index in [-0.39, 0.29) is 6.42 Å². The van der Waals surface area contributed by atoms with Crippen molar-refractivity contribution in [2.24, 2.45) is 0 Å². The highest BCUT2D eigenvalue weighted by Gasteiger charge is 2.94. The van der Waals surface area contributed by atoms with E-state index >= 15 is 0 Å². The van der Waals surface area contributed by atoms with E-state index < -0.39 is 60.3 Å². The van der Waals surface area contributed by atoms with Gasteiger partial charge in [0, 0.05) is 6.54 Å². The van der Waals surface area contributed by atoms with Gasteiger partial charge in [0.2, 0.25) is 0 Å². The number of hydrogen-bond acceptors (Lipinski definition) is 1. The standard InChI is InChI=1S/C17H15F16NO/c18-9(19)11(20,21)13(24,25)15(28,29)17(32,33)16(30,31)14(26,27)12(22,23)10(35)34-7-6-8-4-2-1-3-5-8/h4,9H,1-3,5-7H2,(H,34,35). The fraction of sp³-hybridized carbons (Fsp3) is 0.824. The second-order valence-electron chi connectivity index (χ2n) is 7.48. The van der Waals surface area contributed by atoms with Gasteiger partial charge in [-0.2, -0.15) is 61.5 Å².